The van der Waals surface area contributed by atoms with Crippen LogP contribution in [0, 0.1) is 5.41 Å². The Labute approximate surface area is 167 Å². The number of benzene rings is 1. The van der Waals surface area contributed by atoms with Crippen molar-refractivity contribution >= 4 is 15.9 Å². The minimum absolute atomic E-state index is 0.107. The number of nitrogens with one attached hydrogen (secondary N) is 1. The molecular formula is C20H31N3O4S. The van der Waals surface area contributed by atoms with Crippen LogP contribution in [0.1, 0.15) is 43.0 Å². The highest BCUT2D eigenvalue weighted by Gasteiger charge is 2.45. The van der Waals surface area contributed by atoms with Gasteiger partial charge in [-0.15, -0.1) is 0 Å². The molecule has 0 unspecified atom stereocenters. The average Bonchev–Trinajstić information content (AvgIpc) is 2.69. The lowest BCUT2D eigenvalue weighted by molar-refractivity contribution is -0.0731. The first-order valence-electron chi connectivity index (χ1n) is 10.0. The second kappa shape index (κ2) is 8.49. The van der Waals surface area contributed by atoms with Crippen LogP contribution in [-0.2, 0) is 10.0 Å². The Bertz CT molecular complexity index is 796. The second-order valence-electron chi connectivity index (χ2n) is 8.16. The normalized spacial score (nSPS) is 26.5. The first-order chi connectivity index (χ1) is 13.3. The number of hydrogen-bond acceptors (Lipinski definition) is 5. The Morgan fingerprint density at radius 1 is 1.25 bits per heavy atom. The van der Waals surface area contributed by atoms with E-state index < -0.39 is 16.1 Å². The van der Waals surface area contributed by atoms with Crippen LogP contribution >= 0.6 is 0 Å². The molecule has 2 atom stereocenters. The molecule has 2 aliphatic rings. The molecule has 3 rings (SSSR count). The van der Waals surface area contributed by atoms with Gasteiger partial charge in [-0.3, -0.25) is 4.79 Å². The van der Waals surface area contributed by atoms with Gasteiger partial charge in [-0.25, -0.2) is 13.1 Å². The highest BCUT2D eigenvalue weighted by atomic mass is 32.2. The molecule has 2 aliphatic heterocycles. The van der Waals surface area contributed by atoms with E-state index in [0.717, 1.165) is 32.4 Å². The Morgan fingerprint density at radius 2 is 1.96 bits per heavy atom. The van der Waals surface area contributed by atoms with Gasteiger partial charge in [0.2, 0.25) is 10.0 Å². The average molecular weight is 410 g/mol. The summed E-state index contributed by atoms with van der Waals surface area (Å²) >= 11 is 0. The van der Waals surface area contributed by atoms with Gasteiger partial charge in [-0.2, -0.15) is 0 Å². The number of carbonyl (C=O) groups is 1. The third kappa shape index (κ3) is 4.40. The number of rotatable bonds is 5. The highest BCUT2D eigenvalue weighted by molar-refractivity contribution is 7.89. The largest absolute Gasteiger partial charge is 0.392 e. The topological polar surface area (TPSA) is 90.0 Å². The van der Waals surface area contributed by atoms with E-state index in [1.54, 1.807) is 12.1 Å². The number of piperidine rings is 2. The lowest BCUT2D eigenvalue weighted by Gasteiger charge is -2.50. The first kappa shape index (κ1) is 21.2. The van der Waals surface area contributed by atoms with E-state index in [4.69, 9.17) is 0 Å². The molecule has 1 amide bonds. The maximum atomic E-state index is 13.0. The molecule has 1 spiro atoms. The third-order valence-corrected chi connectivity index (χ3v) is 7.40. The summed E-state index contributed by atoms with van der Waals surface area (Å²) in [5.74, 6) is -0.107. The lowest BCUT2D eigenvalue weighted by Crippen LogP contribution is -2.59. The number of aliphatic hydroxyl groups is 1. The maximum Gasteiger partial charge on any atom is 0.253 e. The zero-order chi connectivity index (χ0) is 20.4. The van der Waals surface area contributed by atoms with Gasteiger partial charge in [0.25, 0.3) is 5.91 Å². The summed E-state index contributed by atoms with van der Waals surface area (Å²) in [6.45, 7) is 5.15. The molecule has 28 heavy (non-hydrogen) atoms. The number of hydrogen-bond donors (Lipinski definition) is 2. The third-order valence-electron chi connectivity index (χ3n) is 5.93. The van der Waals surface area contributed by atoms with Gasteiger partial charge in [-0.1, -0.05) is 6.92 Å². The molecule has 2 saturated heterocycles. The summed E-state index contributed by atoms with van der Waals surface area (Å²) in [6, 6.07) is 6.11. The van der Waals surface area contributed by atoms with Crippen molar-refractivity contribution in [3.05, 3.63) is 29.8 Å². The van der Waals surface area contributed by atoms with Gasteiger partial charge >= 0.3 is 0 Å². The van der Waals surface area contributed by atoms with E-state index in [-0.39, 0.29) is 16.2 Å². The van der Waals surface area contributed by atoms with Gasteiger partial charge in [0.1, 0.15) is 0 Å². The maximum absolute atomic E-state index is 13.0. The highest BCUT2D eigenvalue weighted by Crippen LogP contribution is 2.38. The minimum Gasteiger partial charge on any atom is -0.392 e. The van der Waals surface area contributed by atoms with E-state index in [1.165, 1.54) is 12.1 Å². The Hall–Kier alpha value is -1.48. The summed E-state index contributed by atoms with van der Waals surface area (Å²) in [5.41, 5.74) is 0.207. The van der Waals surface area contributed by atoms with Crippen molar-refractivity contribution in [2.75, 3.05) is 39.8 Å². The van der Waals surface area contributed by atoms with Crippen LogP contribution in [0.5, 0.6) is 0 Å². The quantitative estimate of drug-likeness (QED) is 0.765. The molecule has 7 nitrogen and oxygen atoms in total. The molecule has 2 heterocycles. The standard InChI is InChI=1S/C20H31N3O4S/c1-3-11-21-28(26,27)17-7-5-16(6-8-17)19(25)23-12-4-10-20(15-23)14-22(2)13-9-18(20)24/h5-8,18,21,24H,3-4,9-15H2,1-2H3/t18-,20-/m0/s1. The van der Waals surface area contributed by atoms with Crippen molar-refractivity contribution in [2.45, 2.75) is 43.6 Å². The summed E-state index contributed by atoms with van der Waals surface area (Å²) in [7, 11) is -1.48. The minimum atomic E-state index is -3.54. The van der Waals surface area contributed by atoms with Crippen molar-refractivity contribution in [2.24, 2.45) is 5.41 Å². The molecular weight excluding hydrogens is 378 g/mol. The first-order valence-corrected chi connectivity index (χ1v) is 11.5. The molecule has 1 aromatic carbocycles. The van der Waals surface area contributed by atoms with Crippen LogP contribution < -0.4 is 4.72 Å². The zero-order valence-electron chi connectivity index (χ0n) is 16.7. The summed E-state index contributed by atoms with van der Waals surface area (Å²) in [5, 5.41) is 10.6. The molecule has 0 aliphatic carbocycles. The molecule has 0 aromatic heterocycles. The van der Waals surface area contributed by atoms with Gasteiger partial charge in [-0.05, 0) is 57.0 Å². The van der Waals surface area contributed by atoms with Gasteiger partial charge < -0.3 is 14.9 Å². The number of carbonyl (C=O) groups excluding carboxylic acids is 1. The number of likely N-dealkylation sites (tertiary alicyclic amines) is 2. The lowest BCUT2D eigenvalue weighted by atomic mass is 9.71. The van der Waals surface area contributed by atoms with Crippen molar-refractivity contribution < 1.29 is 18.3 Å². The number of amides is 1. The molecule has 0 saturated carbocycles. The monoisotopic (exact) mass is 409 g/mol. The number of aliphatic hydroxyl groups excluding tert-OH is 1. The van der Waals surface area contributed by atoms with Crippen molar-refractivity contribution in [3.63, 3.8) is 0 Å². The summed E-state index contributed by atoms with van der Waals surface area (Å²) in [6.07, 6.45) is 2.84. The Balaban J connectivity index is 1.73. The fraction of sp³-hybridized carbons (Fsp3) is 0.650. The van der Waals surface area contributed by atoms with E-state index in [2.05, 4.69) is 16.7 Å². The van der Waals surface area contributed by atoms with Crippen LogP contribution in [0.25, 0.3) is 0 Å². The van der Waals surface area contributed by atoms with Crippen LogP contribution in [-0.4, -0.2) is 75.1 Å². The van der Waals surface area contributed by atoms with Crippen LogP contribution in [0.4, 0.5) is 0 Å². The Kier molecular flexibility index (Phi) is 6.44. The van der Waals surface area contributed by atoms with E-state index in [9.17, 15) is 18.3 Å². The van der Waals surface area contributed by atoms with E-state index in [0.29, 0.717) is 31.6 Å². The SMILES string of the molecule is CCCNS(=O)(=O)c1ccc(C(=O)N2CCC[C@]3(CN(C)CC[C@@H]3O)C2)cc1. The number of nitrogens with zero attached hydrogens (tertiary/aromatic N) is 2. The summed E-state index contributed by atoms with van der Waals surface area (Å²) in [4.78, 5) is 17.2. The van der Waals surface area contributed by atoms with Gasteiger partial charge in [0.15, 0.2) is 0 Å². The van der Waals surface area contributed by atoms with Crippen molar-refractivity contribution in [3.8, 4) is 0 Å². The predicted molar refractivity (Wildman–Crippen MR) is 108 cm³/mol. The van der Waals surface area contributed by atoms with Gasteiger partial charge in [0, 0.05) is 43.7 Å². The smallest absolute Gasteiger partial charge is 0.253 e. The van der Waals surface area contributed by atoms with Crippen LogP contribution in [0.3, 0.4) is 0 Å². The van der Waals surface area contributed by atoms with E-state index in [1.807, 2.05) is 11.8 Å². The fourth-order valence-corrected chi connectivity index (χ4v) is 5.52. The fourth-order valence-electron chi connectivity index (χ4n) is 4.38. The molecule has 0 bridgehead atoms. The molecule has 1 aromatic rings. The number of sulfonamides is 1. The molecule has 0 radical (unpaired) electrons. The van der Waals surface area contributed by atoms with Crippen molar-refractivity contribution in [1.82, 2.24) is 14.5 Å². The molecule has 156 valence electrons. The zero-order valence-corrected chi connectivity index (χ0v) is 17.5. The van der Waals surface area contributed by atoms with Crippen molar-refractivity contribution in [1.29, 1.82) is 0 Å². The van der Waals surface area contributed by atoms with Gasteiger partial charge in [0.05, 0.1) is 11.0 Å². The van der Waals surface area contributed by atoms with E-state index >= 15 is 0 Å². The molecule has 2 N–H and O–H groups in total. The van der Waals surface area contributed by atoms with Crippen LogP contribution in [0.2, 0.25) is 0 Å². The predicted octanol–water partition coefficient (Wildman–Crippen LogP) is 1.29. The second-order valence-corrected chi connectivity index (χ2v) is 9.92. The van der Waals surface area contributed by atoms with Crippen LogP contribution in [0.15, 0.2) is 29.2 Å². The Morgan fingerprint density at radius 3 is 2.64 bits per heavy atom. The molecule has 2 fully saturated rings. The molecule has 8 heteroatoms. The summed E-state index contributed by atoms with van der Waals surface area (Å²) < 4.78 is 26.9.